The van der Waals surface area contributed by atoms with E-state index < -0.39 is 0 Å². The molecule has 1 aliphatic rings. The van der Waals surface area contributed by atoms with Gasteiger partial charge in [0, 0.05) is 21.8 Å². The number of aryl methyl sites for hydroxylation is 1. The van der Waals surface area contributed by atoms with Crippen LogP contribution in [-0.4, -0.2) is 25.5 Å². The van der Waals surface area contributed by atoms with Gasteiger partial charge in [-0.25, -0.2) is 0 Å². The Morgan fingerprint density at radius 3 is 2.27 bits per heavy atom. The number of hydrogen-bond donors (Lipinski definition) is 1. The molecule has 0 fully saturated rings. The van der Waals surface area contributed by atoms with Crippen molar-refractivity contribution in [2.45, 2.75) is 50.2 Å². The maximum atomic E-state index is 4.35. The number of anilines is 1. The molecule has 0 spiro atoms. The molecule has 0 radical (unpaired) electrons. The highest BCUT2D eigenvalue weighted by molar-refractivity contribution is 7.99. The number of nitrogens with zero attached hydrogens (tertiary/aromatic N) is 1. The second kappa shape index (κ2) is 12.0. The Kier molecular flexibility index (Phi) is 9.74. The van der Waals surface area contributed by atoms with E-state index in [1.165, 1.54) is 34.6 Å². The van der Waals surface area contributed by atoms with Crippen molar-refractivity contribution in [3.8, 4) is 0 Å². The molecule has 0 saturated heterocycles. The van der Waals surface area contributed by atoms with E-state index in [1.807, 2.05) is 11.8 Å². The fourth-order valence-corrected chi connectivity index (χ4v) is 5.03. The molecule has 0 unspecified atom stereocenters. The Balaban J connectivity index is 0.000000469. The van der Waals surface area contributed by atoms with Crippen LogP contribution in [-0.2, 0) is 6.42 Å². The fraction of sp³-hybridized carbons (Fsp3) is 0.407. The van der Waals surface area contributed by atoms with Crippen LogP contribution in [0.1, 0.15) is 50.0 Å². The van der Waals surface area contributed by atoms with Crippen LogP contribution in [0.4, 0.5) is 5.69 Å². The lowest BCUT2D eigenvalue weighted by molar-refractivity contribution is 0.408. The normalized spacial score (nSPS) is 18.0. The molecule has 0 bridgehead atoms. The number of para-hydroxylation sites is 1. The SMILES string of the molecule is C=C(C)C[C@H]1C(=C)Nc2ccccc2S[C@H]1c1ccc(CC)cc1.CCCN(C)C. The van der Waals surface area contributed by atoms with Gasteiger partial charge >= 0.3 is 0 Å². The first-order chi connectivity index (χ1) is 14.3. The average molecular weight is 423 g/mol. The van der Waals surface area contributed by atoms with E-state index in [0.717, 1.165) is 24.2 Å². The molecular weight excluding hydrogens is 384 g/mol. The minimum Gasteiger partial charge on any atom is -0.358 e. The molecule has 162 valence electrons. The number of benzene rings is 2. The van der Waals surface area contributed by atoms with E-state index in [-0.39, 0.29) is 0 Å². The van der Waals surface area contributed by atoms with Crippen molar-refractivity contribution in [2.75, 3.05) is 26.0 Å². The molecule has 0 aromatic heterocycles. The Morgan fingerprint density at radius 2 is 1.73 bits per heavy atom. The monoisotopic (exact) mass is 422 g/mol. The molecule has 2 nitrogen and oxygen atoms in total. The van der Waals surface area contributed by atoms with Gasteiger partial charge in [0.2, 0.25) is 0 Å². The van der Waals surface area contributed by atoms with Gasteiger partial charge in [0.1, 0.15) is 0 Å². The molecule has 2 aromatic rings. The van der Waals surface area contributed by atoms with Crippen molar-refractivity contribution in [2.24, 2.45) is 5.92 Å². The third kappa shape index (κ3) is 7.07. The Morgan fingerprint density at radius 1 is 1.07 bits per heavy atom. The molecule has 1 aliphatic heterocycles. The van der Waals surface area contributed by atoms with Crippen molar-refractivity contribution in [1.82, 2.24) is 4.90 Å². The highest BCUT2D eigenvalue weighted by Gasteiger charge is 2.30. The summed E-state index contributed by atoms with van der Waals surface area (Å²) >= 11 is 1.93. The van der Waals surface area contributed by atoms with Crippen LogP contribution in [0.3, 0.4) is 0 Å². The highest BCUT2D eigenvalue weighted by atomic mass is 32.2. The third-order valence-corrected chi connectivity index (χ3v) is 6.67. The Bertz CT molecular complexity index is 823. The number of rotatable bonds is 6. The molecule has 3 heteroatoms. The predicted molar refractivity (Wildman–Crippen MR) is 135 cm³/mol. The molecule has 0 amide bonds. The number of allylic oxidation sites excluding steroid dienone is 2. The summed E-state index contributed by atoms with van der Waals surface area (Å²) in [5, 5.41) is 3.89. The van der Waals surface area contributed by atoms with Gasteiger partial charge in [-0.15, -0.1) is 18.3 Å². The minimum absolute atomic E-state index is 0.326. The number of hydrogen-bond acceptors (Lipinski definition) is 3. The molecule has 0 saturated carbocycles. The van der Waals surface area contributed by atoms with Gasteiger partial charge in [-0.05, 0) is 70.1 Å². The Labute approximate surface area is 188 Å². The topological polar surface area (TPSA) is 15.3 Å². The summed E-state index contributed by atoms with van der Waals surface area (Å²) < 4.78 is 0. The molecule has 1 heterocycles. The number of thioether (sulfide) groups is 1. The van der Waals surface area contributed by atoms with E-state index in [4.69, 9.17) is 0 Å². The van der Waals surface area contributed by atoms with Crippen LogP contribution in [0.5, 0.6) is 0 Å². The second-order valence-corrected chi connectivity index (χ2v) is 9.53. The zero-order valence-corrected chi connectivity index (χ0v) is 20.2. The van der Waals surface area contributed by atoms with Gasteiger partial charge in [0.15, 0.2) is 0 Å². The van der Waals surface area contributed by atoms with Crippen LogP contribution in [0.15, 0.2) is 77.9 Å². The van der Waals surface area contributed by atoms with Crippen molar-refractivity contribution in [3.63, 3.8) is 0 Å². The first kappa shape index (κ1) is 24.3. The lowest BCUT2D eigenvalue weighted by atomic mass is 9.90. The summed E-state index contributed by atoms with van der Waals surface area (Å²) in [7, 11) is 4.17. The quantitative estimate of drug-likeness (QED) is 0.483. The lowest BCUT2D eigenvalue weighted by Crippen LogP contribution is -2.16. The average Bonchev–Trinajstić information content (AvgIpc) is 2.85. The fourth-order valence-electron chi connectivity index (χ4n) is 3.64. The second-order valence-electron chi connectivity index (χ2n) is 8.35. The van der Waals surface area contributed by atoms with Crippen molar-refractivity contribution < 1.29 is 0 Å². The summed E-state index contributed by atoms with van der Waals surface area (Å²) in [5.41, 5.74) is 6.19. The third-order valence-electron chi connectivity index (χ3n) is 5.20. The molecule has 2 atom stereocenters. The zero-order valence-electron chi connectivity index (χ0n) is 19.4. The van der Waals surface area contributed by atoms with Gasteiger partial charge in [-0.2, -0.15) is 0 Å². The summed E-state index contributed by atoms with van der Waals surface area (Å²) in [6, 6.07) is 17.6. The van der Waals surface area contributed by atoms with Crippen molar-refractivity contribution in [3.05, 3.63) is 84.1 Å². The largest absolute Gasteiger partial charge is 0.358 e. The molecule has 0 aliphatic carbocycles. The Hall–Kier alpha value is -1.97. The standard InChI is InChI=1S/C22H25NS.C5H13N/c1-5-17-10-12-18(13-11-17)22-19(14-15(2)3)16(4)23-20-8-6-7-9-21(20)24-22;1-4-5-6(2)3/h6-13,19,22-23H,2,4-5,14H2,1,3H3;4-5H2,1-3H3/t19-,22-;/m0./s1. The van der Waals surface area contributed by atoms with Crippen LogP contribution in [0.2, 0.25) is 0 Å². The van der Waals surface area contributed by atoms with Crippen LogP contribution >= 0.6 is 11.8 Å². The maximum absolute atomic E-state index is 4.35. The number of nitrogens with one attached hydrogen (secondary N) is 1. The van der Waals surface area contributed by atoms with Crippen LogP contribution in [0, 0.1) is 5.92 Å². The van der Waals surface area contributed by atoms with E-state index >= 15 is 0 Å². The number of fused-ring (bicyclic) bond motifs is 1. The van der Waals surface area contributed by atoms with E-state index in [0.29, 0.717) is 11.2 Å². The molecule has 1 N–H and O–H groups in total. The summed E-state index contributed by atoms with van der Waals surface area (Å²) in [6.45, 7) is 16.2. The van der Waals surface area contributed by atoms with Gasteiger partial charge in [0.05, 0.1) is 5.69 Å². The summed E-state index contributed by atoms with van der Waals surface area (Å²) in [4.78, 5) is 3.47. The summed E-state index contributed by atoms with van der Waals surface area (Å²) in [5.74, 6) is 0.326. The van der Waals surface area contributed by atoms with Gasteiger partial charge in [-0.3, -0.25) is 0 Å². The van der Waals surface area contributed by atoms with Crippen molar-refractivity contribution >= 4 is 17.4 Å². The van der Waals surface area contributed by atoms with Gasteiger partial charge in [-0.1, -0.05) is 62.4 Å². The smallest absolute Gasteiger partial charge is 0.0520 e. The highest BCUT2D eigenvalue weighted by Crippen LogP contribution is 2.50. The van der Waals surface area contributed by atoms with E-state index in [2.05, 4.69) is 107 Å². The van der Waals surface area contributed by atoms with E-state index in [9.17, 15) is 0 Å². The minimum atomic E-state index is 0.326. The van der Waals surface area contributed by atoms with Crippen molar-refractivity contribution in [1.29, 1.82) is 0 Å². The molecule has 2 aromatic carbocycles. The van der Waals surface area contributed by atoms with Gasteiger partial charge in [0.25, 0.3) is 0 Å². The van der Waals surface area contributed by atoms with Gasteiger partial charge < -0.3 is 10.2 Å². The summed E-state index contributed by atoms with van der Waals surface area (Å²) in [6.07, 6.45) is 3.28. The van der Waals surface area contributed by atoms with Crippen LogP contribution < -0.4 is 5.32 Å². The molecular formula is C27H38N2S. The van der Waals surface area contributed by atoms with Crippen LogP contribution in [0.25, 0.3) is 0 Å². The molecule has 3 rings (SSSR count). The van der Waals surface area contributed by atoms with E-state index in [1.54, 1.807) is 0 Å². The zero-order chi connectivity index (χ0) is 22.1. The molecule has 30 heavy (non-hydrogen) atoms. The lowest BCUT2D eigenvalue weighted by Gasteiger charge is -2.26. The predicted octanol–water partition coefficient (Wildman–Crippen LogP) is 7.56. The first-order valence-corrected chi connectivity index (χ1v) is 11.8. The first-order valence-electron chi connectivity index (χ1n) is 10.9. The maximum Gasteiger partial charge on any atom is 0.0520 e.